The molecule has 0 radical (unpaired) electrons. The molecule has 0 spiro atoms. The number of benzene rings is 2. The fourth-order valence-electron chi connectivity index (χ4n) is 2.56. The first-order valence-electron chi connectivity index (χ1n) is 8.67. The van der Waals surface area contributed by atoms with Gasteiger partial charge >= 0.3 is 5.97 Å². The van der Waals surface area contributed by atoms with Crippen molar-refractivity contribution in [3.8, 4) is 11.5 Å². The highest BCUT2D eigenvalue weighted by Crippen LogP contribution is 2.31. The van der Waals surface area contributed by atoms with E-state index in [0.717, 1.165) is 11.1 Å². The largest absolute Gasteiger partial charge is 0.486 e. The van der Waals surface area contributed by atoms with Gasteiger partial charge in [0, 0.05) is 11.8 Å². The van der Waals surface area contributed by atoms with E-state index in [1.54, 1.807) is 24.3 Å². The standard InChI is InChI=1S/C21H21NO5/c1-14-4-3-5-17(12-14)22-21(24)15(2)27-20(23)9-7-16-6-8-18-19(13-16)26-11-10-25-18/h3-9,12-13,15H,10-11H2,1-2H3,(H,22,24)/b9-7+/t15-/m0/s1. The lowest BCUT2D eigenvalue weighted by atomic mass is 10.2. The van der Waals surface area contributed by atoms with Crippen molar-refractivity contribution >= 4 is 23.6 Å². The molecule has 27 heavy (non-hydrogen) atoms. The summed E-state index contributed by atoms with van der Waals surface area (Å²) in [6.45, 7) is 4.48. The molecule has 140 valence electrons. The van der Waals surface area contributed by atoms with E-state index in [-0.39, 0.29) is 5.91 Å². The van der Waals surface area contributed by atoms with Crippen molar-refractivity contribution in [1.82, 2.24) is 0 Å². The molecule has 1 N–H and O–H groups in total. The van der Waals surface area contributed by atoms with Gasteiger partial charge in [-0.1, -0.05) is 18.2 Å². The molecule has 1 heterocycles. The number of nitrogens with one attached hydrogen (secondary N) is 1. The molecule has 2 aromatic rings. The molecule has 1 aliphatic rings. The molecular weight excluding hydrogens is 346 g/mol. The van der Waals surface area contributed by atoms with Gasteiger partial charge in [-0.2, -0.15) is 0 Å². The van der Waals surface area contributed by atoms with Gasteiger partial charge in [0.1, 0.15) is 13.2 Å². The molecule has 0 unspecified atom stereocenters. The first-order valence-corrected chi connectivity index (χ1v) is 8.67. The van der Waals surface area contributed by atoms with Gasteiger partial charge in [0.15, 0.2) is 17.6 Å². The summed E-state index contributed by atoms with van der Waals surface area (Å²) in [6, 6.07) is 12.8. The number of anilines is 1. The molecular formula is C21H21NO5. The maximum atomic E-state index is 12.2. The molecule has 0 saturated heterocycles. The van der Waals surface area contributed by atoms with E-state index in [1.807, 2.05) is 31.2 Å². The Morgan fingerprint density at radius 3 is 2.67 bits per heavy atom. The third kappa shape index (κ3) is 5.10. The van der Waals surface area contributed by atoms with Crippen LogP contribution in [0.4, 0.5) is 5.69 Å². The summed E-state index contributed by atoms with van der Waals surface area (Å²) in [5, 5.41) is 2.73. The van der Waals surface area contributed by atoms with Crippen LogP contribution in [0.15, 0.2) is 48.5 Å². The number of ether oxygens (including phenoxy) is 3. The monoisotopic (exact) mass is 367 g/mol. The Balaban J connectivity index is 1.55. The number of amides is 1. The van der Waals surface area contributed by atoms with Crippen molar-refractivity contribution in [3.05, 3.63) is 59.7 Å². The van der Waals surface area contributed by atoms with E-state index in [0.29, 0.717) is 30.4 Å². The zero-order valence-electron chi connectivity index (χ0n) is 15.2. The average Bonchev–Trinajstić information content (AvgIpc) is 2.66. The summed E-state index contributed by atoms with van der Waals surface area (Å²) in [6.07, 6.45) is 1.97. The number of hydrogen-bond donors (Lipinski definition) is 1. The van der Waals surface area contributed by atoms with Crippen LogP contribution in [0.3, 0.4) is 0 Å². The van der Waals surface area contributed by atoms with Crippen molar-refractivity contribution < 1.29 is 23.8 Å². The number of hydrogen-bond acceptors (Lipinski definition) is 5. The van der Waals surface area contributed by atoms with Crippen molar-refractivity contribution in [1.29, 1.82) is 0 Å². The zero-order chi connectivity index (χ0) is 19.2. The van der Waals surface area contributed by atoms with Crippen molar-refractivity contribution in [2.75, 3.05) is 18.5 Å². The van der Waals surface area contributed by atoms with Crippen LogP contribution in [-0.2, 0) is 14.3 Å². The van der Waals surface area contributed by atoms with Crippen LogP contribution in [-0.4, -0.2) is 31.2 Å². The molecule has 6 heteroatoms. The molecule has 1 aliphatic heterocycles. The molecule has 0 aromatic heterocycles. The maximum absolute atomic E-state index is 12.2. The molecule has 2 aromatic carbocycles. The summed E-state index contributed by atoms with van der Waals surface area (Å²) in [4.78, 5) is 24.1. The highest BCUT2D eigenvalue weighted by Gasteiger charge is 2.17. The van der Waals surface area contributed by atoms with Crippen LogP contribution in [0.1, 0.15) is 18.1 Å². The normalized spacial score (nSPS) is 13.9. The molecule has 0 fully saturated rings. The number of fused-ring (bicyclic) bond motifs is 1. The predicted octanol–water partition coefficient (Wildman–Crippen LogP) is 3.35. The minimum Gasteiger partial charge on any atom is -0.486 e. The number of rotatable bonds is 5. The van der Waals surface area contributed by atoms with Gasteiger partial charge in [0.05, 0.1) is 0 Å². The van der Waals surface area contributed by atoms with E-state index >= 15 is 0 Å². The number of carbonyl (C=O) groups excluding carboxylic acids is 2. The number of aryl methyl sites for hydroxylation is 1. The summed E-state index contributed by atoms with van der Waals surface area (Å²) in [5.74, 6) is 0.337. The molecule has 1 atom stereocenters. The first kappa shape index (κ1) is 18.5. The Morgan fingerprint density at radius 1 is 1.11 bits per heavy atom. The van der Waals surface area contributed by atoms with E-state index in [9.17, 15) is 9.59 Å². The van der Waals surface area contributed by atoms with Gasteiger partial charge in [0.25, 0.3) is 5.91 Å². The first-order chi connectivity index (χ1) is 13.0. The Bertz CT molecular complexity index is 875. The summed E-state index contributed by atoms with van der Waals surface area (Å²) < 4.78 is 16.1. The molecule has 1 amide bonds. The topological polar surface area (TPSA) is 73.9 Å². The second-order valence-electron chi connectivity index (χ2n) is 6.17. The quantitative estimate of drug-likeness (QED) is 0.648. The minimum atomic E-state index is -0.914. The van der Waals surface area contributed by atoms with Crippen molar-refractivity contribution in [3.63, 3.8) is 0 Å². The zero-order valence-corrected chi connectivity index (χ0v) is 15.2. The summed E-state index contributed by atoms with van der Waals surface area (Å²) >= 11 is 0. The highest BCUT2D eigenvalue weighted by atomic mass is 16.6. The average molecular weight is 367 g/mol. The van der Waals surface area contributed by atoms with Gasteiger partial charge < -0.3 is 19.5 Å². The van der Waals surface area contributed by atoms with Gasteiger partial charge in [-0.25, -0.2) is 4.79 Å². The van der Waals surface area contributed by atoms with E-state index < -0.39 is 12.1 Å². The summed E-state index contributed by atoms with van der Waals surface area (Å²) in [5.41, 5.74) is 2.46. The van der Waals surface area contributed by atoms with Gasteiger partial charge in [-0.3, -0.25) is 4.79 Å². The predicted molar refractivity (Wildman–Crippen MR) is 102 cm³/mol. The Hall–Kier alpha value is -3.28. The Morgan fingerprint density at radius 2 is 1.89 bits per heavy atom. The van der Waals surface area contributed by atoms with Crippen LogP contribution in [0.2, 0.25) is 0 Å². The van der Waals surface area contributed by atoms with Crippen LogP contribution in [0.5, 0.6) is 11.5 Å². The molecule has 6 nitrogen and oxygen atoms in total. The molecule has 0 saturated carbocycles. The van der Waals surface area contributed by atoms with E-state index in [4.69, 9.17) is 14.2 Å². The fourth-order valence-corrected chi connectivity index (χ4v) is 2.56. The maximum Gasteiger partial charge on any atom is 0.331 e. The van der Waals surface area contributed by atoms with Crippen LogP contribution in [0, 0.1) is 6.92 Å². The smallest absolute Gasteiger partial charge is 0.331 e. The second kappa shape index (κ2) is 8.40. The summed E-state index contributed by atoms with van der Waals surface area (Å²) in [7, 11) is 0. The lowest BCUT2D eigenvalue weighted by molar-refractivity contribution is -0.148. The van der Waals surface area contributed by atoms with Gasteiger partial charge in [-0.05, 0) is 55.3 Å². The highest BCUT2D eigenvalue weighted by molar-refractivity contribution is 5.96. The van der Waals surface area contributed by atoms with Crippen molar-refractivity contribution in [2.45, 2.75) is 20.0 Å². The lowest BCUT2D eigenvalue weighted by Crippen LogP contribution is -2.29. The van der Waals surface area contributed by atoms with Crippen LogP contribution < -0.4 is 14.8 Å². The van der Waals surface area contributed by atoms with Crippen LogP contribution in [0.25, 0.3) is 6.08 Å². The lowest BCUT2D eigenvalue weighted by Gasteiger charge is -2.18. The second-order valence-corrected chi connectivity index (χ2v) is 6.17. The third-order valence-corrected chi connectivity index (χ3v) is 3.93. The van der Waals surface area contributed by atoms with Crippen LogP contribution >= 0.6 is 0 Å². The Kier molecular flexibility index (Phi) is 5.76. The molecule has 0 bridgehead atoms. The van der Waals surface area contributed by atoms with Gasteiger partial charge in [-0.15, -0.1) is 0 Å². The van der Waals surface area contributed by atoms with Gasteiger partial charge in [0.2, 0.25) is 0 Å². The SMILES string of the molecule is Cc1cccc(NC(=O)[C@H](C)OC(=O)/C=C/c2ccc3c(c2)OCCO3)c1. The number of esters is 1. The molecule has 0 aliphatic carbocycles. The third-order valence-electron chi connectivity index (χ3n) is 3.93. The van der Waals surface area contributed by atoms with Crippen molar-refractivity contribution in [2.24, 2.45) is 0 Å². The van der Waals surface area contributed by atoms with E-state index in [1.165, 1.54) is 13.0 Å². The minimum absolute atomic E-state index is 0.387. The fraction of sp³-hybridized carbons (Fsp3) is 0.238. The molecule has 3 rings (SSSR count). The Labute approximate surface area is 157 Å². The van der Waals surface area contributed by atoms with E-state index in [2.05, 4.69) is 5.32 Å². The number of carbonyl (C=O) groups is 2.